The Balaban J connectivity index is 2.44. The van der Waals surface area contributed by atoms with Crippen LogP contribution in [0.15, 0.2) is 29.2 Å². The number of amides is 1. The number of carbonyl (C=O) groups excluding carboxylic acids is 1. The summed E-state index contributed by atoms with van der Waals surface area (Å²) in [5.74, 6) is -0.337. The topological polar surface area (TPSA) is 54.5 Å². The van der Waals surface area contributed by atoms with E-state index in [2.05, 4.69) is 15.9 Å². The number of carbonyl (C=O) groups is 1. The van der Waals surface area contributed by atoms with Gasteiger partial charge in [0.25, 0.3) is 15.9 Å². The minimum Gasteiger partial charge on any atom is -0.268 e. The van der Waals surface area contributed by atoms with Gasteiger partial charge < -0.3 is 0 Å². The van der Waals surface area contributed by atoms with Gasteiger partial charge in [-0.15, -0.1) is 0 Å². The van der Waals surface area contributed by atoms with Crippen LogP contribution in [0.3, 0.4) is 0 Å². The Morgan fingerprint density at radius 3 is 2.59 bits per heavy atom. The molecule has 0 spiro atoms. The van der Waals surface area contributed by atoms with E-state index in [1.807, 2.05) is 6.92 Å². The number of hydrogen-bond donors (Lipinski definition) is 0. The lowest BCUT2D eigenvalue weighted by molar-refractivity contribution is 0.0861. The van der Waals surface area contributed by atoms with Crippen molar-refractivity contribution in [3.05, 3.63) is 29.8 Å². The Hall–Kier alpha value is -0.880. The van der Waals surface area contributed by atoms with Crippen LogP contribution in [0, 0.1) is 5.92 Å². The van der Waals surface area contributed by atoms with Gasteiger partial charge in [-0.05, 0) is 18.1 Å². The Morgan fingerprint density at radius 2 is 2.00 bits per heavy atom. The average Bonchev–Trinajstić information content (AvgIpc) is 2.51. The molecule has 17 heavy (non-hydrogen) atoms. The maximum atomic E-state index is 12.1. The van der Waals surface area contributed by atoms with E-state index in [1.165, 1.54) is 6.07 Å². The molecule has 1 heterocycles. The summed E-state index contributed by atoms with van der Waals surface area (Å²) < 4.78 is 25.2. The molecule has 0 saturated heterocycles. The molecular formula is C11H12BrNO3S. The first-order chi connectivity index (χ1) is 7.98. The van der Waals surface area contributed by atoms with Crippen LogP contribution in [-0.2, 0) is 10.0 Å². The van der Waals surface area contributed by atoms with Gasteiger partial charge in [-0.3, -0.25) is 4.79 Å². The maximum Gasteiger partial charge on any atom is 0.269 e. The normalized spacial score (nSPS) is 19.2. The second-order valence-corrected chi connectivity index (χ2v) is 6.58. The molecular weight excluding hydrogens is 306 g/mol. The second kappa shape index (κ2) is 4.42. The van der Waals surface area contributed by atoms with E-state index in [-0.39, 0.29) is 22.9 Å². The molecule has 0 bridgehead atoms. The molecule has 6 heteroatoms. The van der Waals surface area contributed by atoms with Gasteiger partial charge in [0.2, 0.25) is 0 Å². The van der Waals surface area contributed by atoms with Crippen molar-refractivity contribution in [3.63, 3.8) is 0 Å². The Bertz CT molecular complexity index is 556. The van der Waals surface area contributed by atoms with Gasteiger partial charge in [-0.2, -0.15) is 0 Å². The zero-order valence-electron chi connectivity index (χ0n) is 9.26. The number of sulfonamides is 1. The predicted molar refractivity (Wildman–Crippen MR) is 67.6 cm³/mol. The molecule has 1 unspecified atom stereocenters. The van der Waals surface area contributed by atoms with Crippen LogP contribution < -0.4 is 0 Å². The quantitative estimate of drug-likeness (QED) is 0.800. The summed E-state index contributed by atoms with van der Waals surface area (Å²) in [5.41, 5.74) is 0.272. The van der Waals surface area contributed by atoms with Crippen molar-refractivity contribution in [2.24, 2.45) is 5.92 Å². The van der Waals surface area contributed by atoms with Crippen LogP contribution >= 0.6 is 15.9 Å². The third kappa shape index (κ3) is 1.99. The largest absolute Gasteiger partial charge is 0.269 e. The van der Waals surface area contributed by atoms with E-state index < -0.39 is 15.9 Å². The first-order valence-electron chi connectivity index (χ1n) is 5.20. The van der Waals surface area contributed by atoms with Gasteiger partial charge in [0.1, 0.15) is 4.90 Å². The van der Waals surface area contributed by atoms with Crippen LogP contribution in [0.25, 0.3) is 0 Å². The second-order valence-electron chi connectivity index (χ2n) is 4.10. The number of nitrogens with zero attached hydrogens (tertiary/aromatic N) is 1. The number of benzene rings is 1. The van der Waals surface area contributed by atoms with Crippen LogP contribution in [0.4, 0.5) is 0 Å². The number of fused-ring (bicyclic) bond motifs is 1. The van der Waals surface area contributed by atoms with Crippen molar-refractivity contribution in [2.45, 2.75) is 11.8 Å². The van der Waals surface area contributed by atoms with Gasteiger partial charge in [-0.25, -0.2) is 12.7 Å². The van der Waals surface area contributed by atoms with Crippen LogP contribution in [0.2, 0.25) is 0 Å². The lowest BCUT2D eigenvalue weighted by atomic mass is 10.2. The zero-order valence-corrected chi connectivity index (χ0v) is 11.7. The van der Waals surface area contributed by atoms with Gasteiger partial charge in [0.05, 0.1) is 5.56 Å². The zero-order chi connectivity index (χ0) is 12.6. The number of rotatable bonds is 3. The van der Waals surface area contributed by atoms with E-state index in [0.29, 0.717) is 5.33 Å². The molecule has 0 radical (unpaired) electrons. The minimum absolute atomic E-state index is 0.0861. The summed E-state index contributed by atoms with van der Waals surface area (Å²) >= 11 is 3.28. The third-order valence-electron chi connectivity index (χ3n) is 2.65. The lowest BCUT2D eigenvalue weighted by Gasteiger charge is -2.18. The van der Waals surface area contributed by atoms with Gasteiger partial charge in [0, 0.05) is 11.9 Å². The summed E-state index contributed by atoms with van der Waals surface area (Å²) in [7, 11) is -3.64. The fraction of sp³-hybridized carbons (Fsp3) is 0.364. The highest BCUT2D eigenvalue weighted by atomic mass is 79.9. The van der Waals surface area contributed by atoms with Crippen LogP contribution in [0.5, 0.6) is 0 Å². The predicted octanol–water partition coefficient (Wildman–Crippen LogP) is 1.86. The summed E-state index contributed by atoms with van der Waals surface area (Å²) in [6.45, 7) is 2.10. The summed E-state index contributed by atoms with van der Waals surface area (Å²) in [4.78, 5) is 12.1. The van der Waals surface area contributed by atoms with Gasteiger partial charge >= 0.3 is 0 Å². The average molecular weight is 318 g/mol. The monoisotopic (exact) mass is 317 g/mol. The molecule has 0 fully saturated rings. The van der Waals surface area contributed by atoms with E-state index in [4.69, 9.17) is 0 Å². The van der Waals surface area contributed by atoms with Crippen molar-refractivity contribution >= 4 is 31.9 Å². The number of alkyl halides is 1. The molecule has 1 aromatic carbocycles. The molecule has 2 rings (SSSR count). The van der Waals surface area contributed by atoms with Crippen molar-refractivity contribution < 1.29 is 13.2 Å². The maximum absolute atomic E-state index is 12.1. The lowest BCUT2D eigenvalue weighted by Crippen LogP contribution is -2.34. The molecule has 4 nitrogen and oxygen atoms in total. The van der Waals surface area contributed by atoms with Crippen molar-refractivity contribution in [1.29, 1.82) is 0 Å². The van der Waals surface area contributed by atoms with Crippen LogP contribution in [-0.4, -0.2) is 30.5 Å². The SMILES string of the molecule is CC(CBr)CN1C(=O)c2ccccc2S1(=O)=O. The highest BCUT2D eigenvalue weighted by molar-refractivity contribution is 9.09. The molecule has 1 aliphatic rings. The van der Waals surface area contributed by atoms with E-state index in [0.717, 1.165) is 4.31 Å². The van der Waals surface area contributed by atoms with Crippen molar-refractivity contribution in [3.8, 4) is 0 Å². The van der Waals surface area contributed by atoms with Crippen molar-refractivity contribution in [2.75, 3.05) is 11.9 Å². The smallest absolute Gasteiger partial charge is 0.268 e. The molecule has 1 amide bonds. The van der Waals surface area contributed by atoms with Crippen molar-refractivity contribution in [1.82, 2.24) is 4.31 Å². The molecule has 0 saturated carbocycles. The van der Waals surface area contributed by atoms with Gasteiger partial charge in [-0.1, -0.05) is 35.0 Å². The fourth-order valence-electron chi connectivity index (χ4n) is 1.74. The number of hydrogen-bond acceptors (Lipinski definition) is 3. The third-order valence-corrected chi connectivity index (χ3v) is 5.57. The van der Waals surface area contributed by atoms with E-state index in [1.54, 1.807) is 18.2 Å². The molecule has 0 N–H and O–H groups in total. The standard InChI is InChI=1S/C11H12BrNO3S/c1-8(6-12)7-13-11(14)9-4-2-3-5-10(9)17(13,15)16/h2-5,8H,6-7H2,1H3. The molecule has 92 valence electrons. The Labute approximate surface area is 109 Å². The van der Waals surface area contributed by atoms with E-state index in [9.17, 15) is 13.2 Å². The molecule has 1 aliphatic heterocycles. The molecule has 0 aliphatic carbocycles. The highest BCUT2D eigenvalue weighted by Crippen LogP contribution is 2.30. The van der Waals surface area contributed by atoms with Gasteiger partial charge in [0.15, 0.2) is 0 Å². The first kappa shape index (κ1) is 12.6. The summed E-state index contributed by atoms with van der Waals surface area (Å²) in [6, 6.07) is 6.32. The first-order valence-corrected chi connectivity index (χ1v) is 7.76. The Morgan fingerprint density at radius 1 is 1.35 bits per heavy atom. The Kier molecular flexibility index (Phi) is 3.27. The number of halogens is 1. The molecule has 1 atom stereocenters. The summed E-state index contributed by atoms with van der Waals surface area (Å²) in [5, 5.41) is 0.655. The molecule has 1 aromatic rings. The fourth-order valence-corrected chi connectivity index (χ4v) is 3.64. The summed E-state index contributed by atoms with van der Waals surface area (Å²) in [6.07, 6.45) is 0. The highest BCUT2D eigenvalue weighted by Gasteiger charge is 2.40. The molecule has 0 aromatic heterocycles. The van der Waals surface area contributed by atoms with Crippen LogP contribution in [0.1, 0.15) is 17.3 Å². The van der Waals surface area contributed by atoms with E-state index >= 15 is 0 Å². The minimum atomic E-state index is -3.64.